The average Bonchev–Trinajstić information content (AvgIpc) is 2.46. The zero-order chi connectivity index (χ0) is 9.42. The molecule has 13 heavy (non-hydrogen) atoms. The number of anilines is 1. The Morgan fingerprint density at radius 3 is 2.85 bits per heavy atom. The average molecular weight is 192 g/mol. The van der Waals surface area contributed by atoms with Crippen LogP contribution in [0.1, 0.15) is 25.3 Å². The van der Waals surface area contributed by atoms with Crippen LogP contribution in [0.5, 0.6) is 0 Å². The normalized spacial score (nSPS) is 11.3. The number of hydrogen-bond donors (Lipinski definition) is 1. The number of aromatic nitrogens is 1. The van der Waals surface area contributed by atoms with Gasteiger partial charge in [-0.1, -0.05) is 13.8 Å². The molecule has 68 valence electrons. The van der Waals surface area contributed by atoms with Crippen molar-refractivity contribution in [2.75, 3.05) is 5.73 Å². The summed E-state index contributed by atoms with van der Waals surface area (Å²) in [5.74, 6) is 1.12. The summed E-state index contributed by atoms with van der Waals surface area (Å²) in [6.45, 7) is 4.35. The fourth-order valence-corrected chi connectivity index (χ4v) is 2.42. The molecule has 0 saturated carbocycles. The number of hydrogen-bond acceptors (Lipinski definition) is 3. The maximum atomic E-state index is 5.65. The molecule has 2 aromatic heterocycles. The molecule has 0 saturated heterocycles. The number of pyridine rings is 1. The molecule has 3 heteroatoms. The maximum absolute atomic E-state index is 5.65. The van der Waals surface area contributed by atoms with E-state index in [-0.39, 0.29) is 0 Å². The molecular weight excluding hydrogens is 180 g/mol. The molecule has 0 fully saturated rings. The Bertz CT molecular complexity index is 431. The van der Waals surface area contributed by atoms with Crippen molar-refractivity contribution in [3.05, 3.63) is 23.1 Å². The molecule has 0 spiro atoms. The predicted octanol–water partition coefficient (Wildman–Crippen LogP) is 3.00. The van der Waals surface area contributed by atoms with Crippen LogP contribution in [0.25, 0.3) is 10.2 Å². The molecule has 0 atom stereocenters. The fourth-order valence-electron chi connectivity index (χ4n) is 1.36. The lowest BCUT2D eigenvalue weighted by molar-refractivity contribution is 0.877. The Kier molecular flexibility index (Phi) is 1.96. The molecule has 0 radical (unpaired) electrons. The van der Waals surface area contributed by atoms with Gasteiger partial charge < -0.3 is 5.73 Å². The van der Waals surface area contributed by atoms with Crippen molar-refractivity contribution in [1.82, 2.24) is 4.98 Å². The Balaban J connectivity index is 2.71. The third-order valence-electron chi connectivity index (χ3n) is 2.09. The highest BCUT2D eigenvalue weighted by molar-refractivity contribution is 7.17. The van der Waals surface area contributed by atoms with E-state index >= 15 is 0 Å². The zero-order valence-electron chi connectivity index (χ0n) is 7.74. The number of nitrogens with two attached hydrogens (primary N) is 1. The molecule has 0 aromatic carbocycles. The Morgan fingerprint density at radius 2 is 2.15 bits per heavy atom. The van der Waals surface area contributed by atoms with Gasteiger partial charge in [0.25, 0.3) is 0 Å². The fraction of sp³-hybridized carbons (Fsp3) is 0.300. The molecule has 2 heterocycles. The minimum atomic E-state index is 0.517. The van der Waals surface area contributed by atoms with Crippen molar-refractivity contribution in [2.45, 2.75) is 19.8 Å². The van der Waals surface area contributed by atoms with Crippen LogP contribution in [0.15, 0.2) is 17.5 Å². The third-order valence-corrected chi connectivity index (χ3v) is 3.04. The summed E-state index contributed by atoms with van der Waals surface area (Å²) in [6.07, 6.45) is 0. The van der Waals surface area contributed by atoms with Crippen LogP contribution in [0.4, 0.5) is 5.82 Å². The van der Waals surface area contributed by atoms with Crippen molar-refractivity contribution in [3.63, 3.8) is 0 Å². The molecule has 0 aliphatic rings. The van der Waals surface area contributed by atoms with Gasteiger partial charge >= 0.3 is 0 Å². The molecule has 0 aliphatic carbocycles. The van der Waals surface area contributed by atoms with E-state index in [1.165, 1.54) is 10.3 Å². The number of nitrogen functional groups attached to an aromatic ring is 1. The number of fused-ring (bicyclic) bond motifs is 1. The SMILES string of the molecule is CC(C)c1csc2ccc(N)nc12. The van der Waals surface area contributed by atoms with Crippen LogP contribution in [0.3, 0.4) is 0 Å². The van der Waals surface area contributed by atoms with Gasteiger partial charge in [-0.25, -0.2) is 4.98 Å². The summed E-state index contributed by atoms with van der Waals surface area (Å²) in [4.78, 5) is 4.35. The van der Waals surface area contributed by atoms with Gasteiger partial charge in [0.2, 0.25) is 0 Å². The van der Waals surface area contributed by atoms with E-state index in [0.29, 0.717) is 11.7 Å². The summed E-state index contributed by atoms with van der Waals surface area (Å²) >= 11 is 1.73. The first-order valence-electron chi connectivity index (χ1n) is 4.32. The second-order valence-electron chi connectivity index (χ2n) is 3.43. The smallest absolute Gasteiger partial charge is 0.124 e. The minimum Gasteiger partial charge on any atom is -0.384 e. The highest BCUT2D eigenvalue weighted by atomic mass is 32.1. The Hall–Kier alpha value is -1.09. The minimum absolute atomic E-state index is 0.517. The maximum Gasteiger partial charge on any atom is 0.124 e. The summed E-state index contributed by atoms with van der Waals surface area (Å²) in [7, 11) is 0. The third kappa shape index (κ3) is 1.40. The summed E-state index contributed by atoms with van der Waals surface area (Å²) in [5.41, 5.74) is 8.01. The first-order chi connectivity index (χ1) is 6.18. The van der Waals surface area contributed by atoms with Crippen LogP contribution in [0, 0.1) is 0 Å². The highest BCUT2D eigenvalue weighted by Gasteiger charge is 2.08. The van der Waals surface area contributed by atoms with Crippen LogP contribution in [-0.4, -0.2) is 4.98 Å². The lowest BCUT2D eigenvalue weighted by atomic mass is 10.1. The second kappa shape index (κ2) is 3.00. The van der Waals surface area contributed by atoms with Crippen LogP contribution in [-0.2, 0) is 0 Å². The largest absolute Gasteiger partial charge is 0.384 e. The first kappa shape index (κ1) is 8.51. The Morgan fingerprint density at radius 1 is 1.38 bits per heavy atom. The van der Waals surface area contributed by atoms with Crippen LogP contribution < -0.4 is 5.73 Å². The summed E-state index contributed by atoms with van der Waals surface area (Å²) in [5, 5.41) is 2.17. The van der Waals surface area contributed by atoms with E-state index in [1.807, 2.05) is 12.1 Å². The Labute approximate surface area is 81.4 Å². The molecule has 2 N–H and O–H groups in total. The van der Waals surface area contributed by atoms with Gasteiger partial charge in [-0.3, -0.25) is 0 Å². The molecule has 0 aliphatic heterocycles. The van der Waals surface area contributed by atoms with E-state index < -0.39 is 0 Å². The molecule has 2 nitrogen and oxygen atoms in total. The quantitative estimate of drug-likeness (QED) is 0.754. The first-order valence-corrected chi connectivity index (χ1v) is 5.20. The topological polar surface area (TPSA) is 38.9 Å². The van der Waals surface area contributed by atoms with Crippen LogP contribution in [0.2, 0.25) is 0 Å². The van der Waals surface area contributed by atoms with Gasteiger partial charge in [0.1, 0.15) is 5.82 Å². The second-order valence-corrected chi connectivity index (χ2v) is 4.34. The lowest BCUT2D eigenvalue weighted by Gasteiger charge is -2.01. The summed E-state index contributed by atoms with van der Waals surface area (Å²) in [6, 6.07) is 3.89. The van der Waals surface area contributed by atoms with E-state index in [2.05, 4.69) is 24.2 Å². The molecule has 2 aromatic rings. The van der Waals surface area contributed by atoms with Gasteiger partial charge in [0.05, 0.1) is 10.2 Å². The number of nitrogens with zero attached hydrogens (tertiary/aromatic N) is 1. The van der Waals surface area contributed by atoms with Crippen molar-refractivity contribution in [2.24, 2.45) is 0 Å². The monoisotopic (exact) mass is 192 g/mol. The van der Waals surface area contributed by atoms with E-state index in [1.54, 1.807) is 11.3 Å². The number of thiophene rings is 1. The van der Waals surface area contributed by atoms with Crippen molar-refractivity contribution >= 4 is 27.4 Å². The van der Waals surface area contributed by atoms with Gasteiger partial charge in [0.15, 0.2) is 0 Å². The van der Waals surface area contributed by atoms with E-state index in [9.17, 15) is 0 Å². The molecule has 2 rings (SSSR count). The van der Waals surface area contributed by atoms with Gasteiger partial charge in [-0.15, -0.1) is 11.3 Å². The molecule has 0 unspecified atom stereocenters. The summed E-state index contributed by atoms with van der Waals surface area (Å²) < 4.78 is 1.22. The zero-order valence-corrected chi connectivity index (χ0v) is 8.56. The van der Waals surface area contributed by atoms with Gasteiger partial charge in [-0.2, -0.15) is 0 Å². The predicted molar refractivity (Wildman–Crippen MR) is 58.1 cm³/mol. The highest BCUT2D eigenvalue weighted by Crippen LogP contribution is 2.29. The van der Waals surface area contributed by atoms with Crippen molar-refractivity contribution < 1.29 is 0 Å². The van der Waals surface area contributed by atoms with Gasteiger partial charge in [0, 0.05) is 0 Å². The van der Waals surface area contributed by atoms with Gasteiger partial charge in [-0.05, 0) is 29.0 Å². The number of rotatable bonds is 1. The molecular formula is C10H12N2S. The molecule has 0 amide bonds. The standard InChI is InChI=1S/C10H12N2S/c1-6(2)7-5-13-8-3-4-9(11)12-10(7)8/h3-6H,1-2H3,(H2,11,12). The van der Waals surface area contributed by atoms with Crippen LogP contribution >= 0.6 is 11.3 Å². The van der Waals surface area contributed by atoms with E-state index in [0.717, 1.165) is 5.52 Å². The molecule has 0 bridgehead atoms. The lowest BCUT2D eigenvalue weighted by Crippen LogP contribution is -1.91. The van der Waals surface area contributed by atoms with Crippen molar-refractivity contribution in [1.29, 1.82) is 0 Å². The van der Waals surface area contributed by atoms with E-state index in [4.69, 9.17) is 5.73 Å². The van der Waals surface area contributed by atoms with Crippen molar-refractivity contribution in [3.8, 4) is 0 Å².